The Hall–Kier alpha value is -2.75. The molecule has 0 spiro atoms. The summed E-state index contributed by atoms with van der Waals surface area (Å²) in [5.74, 6) is 0.485. The minimum atomic E-state index is -1.15. The fraction of sp³-hybridized carbons (Fsp3) is 0.444. The molecule has 36 heavy (non-hydrogen) atoms. The van der Waals surface area contributed by atoms with E-state index < -0.39 is 8.07 Å². The fourth-order valence-electron chi connectivity index (χ4n) is 4.47. The van der Waals surface area contributed by atoms with E-state index in [1.807, 2.05) is 22.9 Å². The topological polar surface area (TPSA) is 74.0 Å². The number of nitrogens with one attached hydrogen (secondary N) is 1. The molecule has 2 heterocycles. The molecule has 0 aliphatic rings. The van der Waals surface area contributed by atoms with Crippen molar-refractivity contribution in [3.63, 3.8) is 0 Å². The van der Waals surface area contributed by atoms with E-state index in [9.17, 15) is 4.79 Å². The second kappa shape index (κ2) is 11.5. The maximum Gasteiger partial charge on any atom is 0.310 e. The Labute approximate surface area is 218 Å². The van der Waals surface area contributed by atoms with E-state index >= 15 is 0 Å². The lowest BCUT2D eigenvalue weighted by molar-refractivity contribution is 0.0888. The third kappa shape index (κ3) is 6.32. The molecule has 7 nitrogen and oxygen atoms in total. The fourth-order valence-corrected chi connectivity index (χ4v) is 6.14. The van der Waals surface area contributed by atoms with E-state index in [1.165, 1.54) is 16.9 Å². The zero-order valence-electron chi connectivity index (χ0n) is 21.9. The molecule has 192 valence electrons. The quantitative estimate of drug-likeness (QED) is 0.164. The highest BCUT2D eigenvalue weighted by Crippen LogP contribution is 2.32. The number of benzene rings is 2. The smallest absolute Gasteiger partial charge is 0.310 e. The molecule has 4 aromatic rings. The molecular weight excluding hydrogens is 486 g/mol. The van der Waals surface area contributed by atoms with Crippen LogP contribution in [0.3, 0.4) is 0 Å². The van der Waals surface area contributed by atoms with Crippen LogP contribution in [0, 0.1) is 5.92 Å². The SMILES string of the molecule is CCC(CC)C(c1ccc(Nc2ccc3c(c2)sc(=O)n3COCC[Si](C)(C)C)cc1)n1cncn1. The first-order valence-electron chi connectivity index (χ1n) is 12.7. The number of aromatic nitrogens is 4. The lowest BCUT2D eigenvalue weighted by Crippen LogP contribution is -2.23. The number of ether oxygens (including phenoxy) is 1. The summed E-state index contributed by atoms with van der Waals surface area (Å²) < 4.78 is 10.5. The molecule has 1 unspecified atom stereocenters. The first-order chi connectivity index (χ1) is 17.3. The van der Waals surface area contributed by atoms with Crippen molar-refractivity contribution < 1.29 is 4.74 Å². The van der Waals surface area contributed by atoms with Gasteiger partial charge in [0.1, 0.15) is 19.4 Å². The van der Waals surface area contributed by atoms with Gasteiger partial charge in [-0.25, -0.2) is 9.67 Å². The van der Waals surface area contributed by atoms with Crippen LogP contribution in [0.15, 0.2) is 59.9 Å². The van der Waals surface area contributed by atoms with E-state index in [-0.39, 0.29) is 10.9 Å². The van der Waals surface area contributed by atoms with Crippen LogP contribution >= 0.6 is 11.3 Å². The molecule has 1 atom stereocenters. The summed E-state index contributed by atoms with van der Waals surface area (Å²) in [4.78, 5) is 16.8. The predicted molar refractivity (Wildman–Crippen MR) is 152 cm³/mol. The Morgan fingerprint density at radius 2 is 1.78 bits per heavy atom. The number of hydrogen-bond acceptors (Lipinski definition) is 6. The summed E-state index contributed by atoms with van der Waals surface area (Å²) in [6, 6.07) is 15.8. The van der Waals surface area contributed by atoms with Gasteiger partial charge in [0, 0.05) is 26.1 Å². The van der Waals surface area contributed by atoms with E-state index in [4.69, 9.17) is 4.74 Å². The lowest BCUT2D eigenvalue weighted by atomic mass is 9.89. The van der Waals surface area contributed by atoms with Gasteiger partial charge in [-0.2, -0.15) is 5.10 Å². The summed E-state index contributed by atoms with van der Waals surface area (Å²) in [5, 5.41) is 7.91. The predicted octanol–water partition coefficient (Wildman–Crippen LogP) is 6.74. The average molecular weight is 524 g/mol. The first-order valence-corrected chi connectivity index (χ1v) is 17.2. The van der Waals surface area contributed by atoms with Crippen molar-refractivity contribution in [2.75, 3.05) is 11.9 Å². The second-order valence-corrected chi connectivity index (χ2v) is 17.1. The molecule has 0 saturated heterocycles. The van der Waals surface area contributed by atoms with Gasteiger partial charge in [0.05, 0.1) is 16.3 Å². The summed E-state index contributed by atoms with van der Waals surface area (Å²) in [6.07, 6.45) is 5.56. The monoisotopic (exact) mass is 523 g/mol. The zero-order valence-corrected chi connectivity index (χ0v) is 23.7. The van der Waals surface area contributed by atoms with Gasteiger partial charge >= 0.3 is 4.87 Å². The second-order valence-electron chi connectivity index (χ2n) is 10.5. The number of nitrogens with zero attached hydrogens (tertiary/aromatic N) is 4. The number of anilines is 2. The lowest BCUT2D eigenvalue weighted by Gasteiger charge is -2.26. The molecular formula is C27H37N5O2SSi. The molecule has 0 radical (unpaired) electrons. The van der Waals surface area contributed by atoms with Crippen molar-refractivity contribution in [1.82, 2.24) is 19.3 Å². The number of rotatable bonds is 12. The summed E-state index contributed by atoms with van der Waals surface area (Å²) in [7, 11) is -1.15. The average Bonchev–Trinajstić information content (AvgIpc) is 3.48. The largest absolute Gasteiger partial charge is 0.361 e. The molecule has 9 heteroatoms. The maximum atomic E-state index is 12.6. The van der Waals surface area contributed by atoms with Gasteiger partial charge in [0.25, 0.3) is 0 Å². The van der Waals surface area contributed by atoms with Gasteiger partial charge in [0.2, 0.25) is 0 Å². The summed E-state index contributed by atoms with van der Waals surface area (Å²) in [6.45, 7) is 12.4. The van der Waals surface area contributed by atoms with E-state index in [0.717, 1.165) is 40.5 Å². The molecule has 0 aliphatic carbocycles. The van der Waals surface area contributed by atoms with Crippen LogP contribution in [-0.2, 0) is 11.5 Å². The van der Waals surface area contributed by atoms with Crippen LogP contribution in [0.25, 0.3) is 10.2 Å². The van der Waals surface area contributed by atoms with Gasteiger partial charge < -0.3 is 10.1 Å². The Morgan fingerprint density at radius 1 is 1.06 bits per heavy atom. The highest BCUT2D eigenvalue weighted by Gasteiger charge is 2.23. The van der Waals surface area contributed by atoms with E-state index in [2.05, 4.69) is 73.2 Å². The molecule has 0 fully saturated rings. The van der Waals surface area contributed by atoms with Crippen molar-refractivity contribution in [3.05, 3.63) is 70.4 Å². The van der Waals surface area contributed by atoms with Crippen LogP contribution in [0.2, 0.25) is 25.7 Å². The highest BCUT2D eigenvalue weighted by atomic mass is 32.1. The van der Waals surface area contributed by atoms with Gasteiger partial charge in [-0.3, -0.25) is 9.36 Å². The highest BCUT2D eigenvalue weighted by molar-refractivity contribution is 7.16. The number of fused-ring (bicyclic) bond motifs is 1. The molecule has 2 aromatic carbocycles. The van der Waals surface area contributed by atoms with Crippen LogP contribution < -0.4 is 10.2 Å². The molecule has 2 aromatic heterocycles. The van der Waals surface area contributed by atoms with Gasteiger partial charge in [0.15, 0.2) is 0 Å². The van der Waals surface area contributed by atoms with Crippen molar-refractivity contribution >= 4 is 41.0 Å². The van der Waals surface area contributed by atoms with Gasteiger partial charge in [-0.1, -0.05) is 69.8 Å². The normalized spacial score (nSPS) is 12.9. The maximum absolute atomic E-state index is 12.6. The Kier molecular flexibility index (Phi) is 8.43. The molecule has 0 aliphatic heterocycles. The van der Waals surface area contributed by atoms with Crippen LogP contribution in [0.1, 0.15) is 38.3 Å². The van der Waals surface area contributed by atoms with Crippen LogP contribution in [-0.4, -0.2) is 34.0 Å². The van der Waals surface area contributed by atoms with Crippen molar-refractivity contribution in [2.24, 2.45) is 5.92 Å². The molecule has 4 rings (SSSR count). The Morgan fingerprint density at radius 3 is 2.42 bits per heavy atom. The van der Waals surface area contributed by atoms with Gasteiger partial charge in [-0.15, -0.1) is 0 Å². The Bertz CT molecular complexity index is 1300. The number of thiazole rings is 1. The molecule has 0 amide bonds. The van der Waals surface area contributed by atoms with Crippen molar-refractivity contribution in [3.8, 4) is 0 Å². The third-order valence-corrected chi connectivity index (χ3v) is 9.29. The Balaban J connectivity index is 1.47. The molecule has 0 bridgehead atoms. The zero-order chi connectivity index (χ0) is 25.7. The van der Waals surface area contributed by atoms with Gasteiger partial charge in [-0.05, 0) is 47.9 Å². The first kappa shape index (κ1) is 26.3. The number of hydrogen-bond donors (Lipinski definition) is 1. The van der Waals surface area contributed by atoms with Crippen LogP contribution in [0.4, 0.5) is 11.4 Å². The summed E-state index contributed by atoms with van der Waals surface area (Å²) >= 11 is 1.26. The summed E-state index contributed by atoms with van der Waals surface area (Å²) in [5.41, 5.74) is 4.09. The standard InChI is InChI=1S/C27H37N5O2SSi/c1-6-20(7-2)26(32-18-28-17-29-32)21-8-10-22(11-9-21)30-23-12-13-24-25(16-23)35-27(33)31(24)19-34-14-15-36(3,4)5/h8-13,16-18,20,26,30H,6-7,14-15,19H2,1-5H3. The molecule has 0 saturated carbocycles. The van der Waals surface area contributed by atoms with Crippen molar-refractivity contribution in [2.45, 2.75) is 65.1 Å². The third-order valence-electron chi connectivity index (χ3n) is 6.64. The van der Waals surface area contributed by atoms with Crippen molar-refractivity contribution in [1.29, 1.82) is 0 Å². The minimum Gasteiger partial charge on any atom is -0.361 e. The minimum absolute atomic E-state index is 0.0139. The molecule has 1 N–H and O–H groups in total. The van der Waals surface area contributed by atoms with Crippen LogP contribution in [0.5, 0.6) is 0 Å². The van der Waals surface area contributed by atoms with E-state index in [1.54, 1.807) is 17.2 Å². The van der Waals surface area contributed by atoms with E-state index in [0.29, 0.717) is 19.3 Å².